The average molecular weight is 227 g/mol. The van der Waals surface area contributed by atoms with E-state index in [1.54, 1.807) is 0 Å². The molecule has 2 heterocycles. The fourth-order valence-electron chi connectivity index (χ4n) is 2.62. The van der Waals surface area contributed by atoms with Crippen LogP contribution in [0.2, 0.25) is 0 Å². The van der Waals surface area contributed by atoms with Crippen molar-refractivity contribution in [2.24, 2.45) is 0 Å². The van der Waals surface area contributed by atoms with Gasteiger partial charge in [-0.1, -0.05) is 0 Å². The minimum Gasteiger partial charge on any atom is -0.374 e. The van der Waals surface area contributed by atoms with E-state index in [9.17, 15) is 0 Å². The number of piperidine rings is 1. The molecule has 2 aliphatic rings. The van der Waals surface area contributed by atoms with E-state index in [0.29, 0.717) is 12.1 Å². The molecule has 0 aromatic rings. The molecule has 2 fully saturated rings. The maximum Gasteiger partial charge on any atom is 0.0826 e. The van der Waals surface area contributed by atoms with Crippen molar-refractivity contribution in [1.82, 2.24) is 15.1 Å². The summed E-state index contributed by atoms with van der Waals surface area (Å²) in [7, 11) is 4.38. The summed E-state index contributed by atoms with van der Waals surface area (Å²) in [6.45, 7) is 6.46. The number of nitrogens with zero attached hydrogens (tertiary/aromatic N) is 2. The van der Waals surface area contributed by atoms with E-state index in [0.717, 1.165) is 26.2 Å². The highest BCUT2D eigenvalue weighted by atomic mass is 16.5. The first kappa shape index (κ1) is 12.3. The molecule has 0 radical (unpaired) electrons. The van der Waals surface area contributed by atoms with Crippen LogP contribution in [0.1, 0.15) is 12.8 Å². The number of ether oxygens (including phenoxy) is 1. The number of rotatable bonds is 3. The molecule has 4 heteroatoms. The number of hydrogen-bond donors (Lipinski definition) is 1. The lowest BCUT2D eigenvalue weighted by atomic mass is 10.1. The second kappa shape index (κ2) is 5.96. The van der Waals surface area contributed by atoms with Crippen molar-refractivity contribution >= 4 is 0 Å². The highest BCUT2D eigenvalue weighted by Gasteiger charge is 2.21. The summed E-state index contributed by atoms with van der Waals surface area (Å²) in [5, 5.41) is 3.65. The summed E-state index contributed by atoms with van der Waals surface area (Å²) in [4.78, 5) is 4.76. The van der Waals surface area contributed by atoms with Gasteiger partial charge in [-0.2, -0.15) is 0 Å². The summed E-state index contributed by atoms with van der Waals surface area (Å²) in [6.07, 6.45) is 3.01. The van der Waals surface area contributed by atoms with Crippen LogP contribution >= 0.6 is 0 Å². The van der Waals surface area contributed by atoms with Crippen LogP contribution in [0, 0.1) is 0 Å². The van der Waals surface area contributed by atoms with Crippen LogP contribution in [0.3, 0.4) is 0 Å². The van der Waals surface area contributed by atoms with Crippen LogP contribution in [0.4, 0.5) is 0 Å². The third kappa shape index (κ3) is 3.70. The van der Waals surface area contributed by atoms with Crippen LogP contribution in [-0.4, -0.2) is 75.4 Å². The van der Waals surface area contributed by atoms with E-state index < -0.39 is 0 Å². The molecular formula is C12H25N3O. The number of nitrogens with one attached hydrogen (secondary N) is 1. The minimum absolute atomic E-state index is 0.381. The molecule has 2 atom stereocenters. The van der Waals surface area contributed by atoms with Crippen molar-refractivity contribution in [3.63, 3.8) is 0 Å². The summed E-state index contributed by atoms with van der Waals surface area (Å²) < 4.78 is 5.75. The molecule has 2 saturated heterocycles. The molecule has 2 rings (SSSR count). The predicted octanol–water partition coefficient (Wildman–Crippen LogP) is 0.000800. The maximum absolute atomic E-state index is 5.75. The molecule has 1 N–H and O–H groups in total. The Morgan fingerprint density at radius 3 is 2.75 bits per heavy atom. The van der Waals surface area contributed by atoms with Crippen molar-refractivity contribution in [3.05, 3.63) is 0 Å². The number of likely N-dealkylation sites (N-methyl/N-ethyl adjacent to an activating group) is 2. The van der Waals surface area contributed by atoms with E-state index in [1.807, 2.05) is 0 Å². The Balaban J connectivity index is 1.66. The van der Waals surface area contributed by atoms with Gasteiger partial charge in [0.25, 0.3) is 0 Å². The first-order valence-electron chi connectivity index (χ1n) is 6.46. The first-order chi connectivity index (χ1) is 7.74. The van der Waals surface area contributed by atoms with Gasteiger partial charge in [0.15, 0.2) is 0 Å². The fraction of sp³-hybridized carbons (Fsp3) is 1.00. The zero-order chi connectivity index (χ0) is 11.4. The van der Waals surface area contributed by atoms with Crippen molar-refractivity contribution < 1.29 is 4.74 Å². The van der Waals surface area contributed by atoms with Gasteiger partial charge in [0, 0.05) is 32.2 Å². The van der Waals surface area contributed by atoms with Gasteiger partial charge in [-0.3, -0.25) is 0 Å². The maximum atomic E-state index is 5.75. The lowest BCUT2D eigenvalue weighted by molar-refractivity contribution is -0.0201. The van der Waals surface area contributed by atoms with Gasteiger partial charge >= 0.3 is 0 Å². The third-order valence-corrected chi connectivity index (χ3v) is 3.60. The SMILES string of the molecule is CN1CCCC(NCC2CN(C)CCO2)C1. The summed E-state index contributed by atoms with van der Waals surface area (Å²) in [5.41, 5.74) is 0. The zero-order valence-electron chi connectivity index (χ0n) is 10.6. The summed E-state index contributed by atoms with van der Waals surface area (Å²) >= 11 is 0. The molecular weight excluding hydrogens is 202 g/mol. The molecule has 2 unspecified atom stereocenters. The van der Waals surface area contributed by atoms with Crippen molar-refractivity contribution in [1.29, 1.82) is 0 Å². The Morgan fingerprint density at radius 1 is 1.19 bits per heavy atom. The molecule has 94 valence electrons. The molecule has 2 aliphatic heterocycles. The minimum atomic E-state index is 0.381. The summed E-state index contributed by atoms with van der Waals surface area (Å²) in [5.74, 6) is 0. The zero-order valence-corrected chi connectivity index (χ0v) is 10.6. The van der Waals surface area contributed by atoms with Crippen LogP contribution < -0.4 is 5.32 Å². The standard InChI is InChI=1S/C12H25N3O/c1-14-5-3-4-11(9-14)13-8-12-10-15(2)6-7-16-12/h11-13H,3-10H2,1-2H3. The molecule has 0 aromatic carbocycles. The van der Waals surface area contributed by atoms with E-state index >= 15 is 0 Å². The van der Waals surface area contributed by atoms with Gasteiger partial charge in [0.1, 0.15) is 0 Å². The van der Waals surface area contributed by atoms with Gasteiger partial charge in [0.05, 0.1) is 12.7 Å². The number of morpholine rings is 1. The van der Waals surface area contributed by atoms with E-state index in [4.69, 9.17) is 4.74 Å². The Kier molecular flexibility index (Phi) is 4.58. The van der Waals surface area contributed by atoms with Crippen molar-refractivity contribution in [2.75, 3.05) is 53.4 Å². The third-order valence-electron chi connectivity index (χ3n) is 3.60. The Hall–Kier alpha value is -0.160. The molecule has 0 aliphatic carbocycles. The van der Waals surface area contributed by atoms with Crippen LogP contribution in [0.25, 0.3) is 0 Å². The Labute approximate surface area is 98.9 Å². The Morgan fingerprint density at radius 2 is 2.00 bits per heavy atom. The van der Waals surface area contributed by atoms with Crippen LogP contribution in [0.15, 0.2) is 0 Å². The fourth-order valence-corrected chi connectivity index (χ4v) is 2.62. The summed E-state index contributed by atoms with van der Waals surface area (Å²) in [6, 6.07) is 0.662. The monoisotopic (exact) mass is 227 g/mol. The van der Waals surface area contributed by atoms with Gasteiger partial charge in [-0.05, 0) is 33.5 Å². The first-order valence-corrected chi connectivity index (χ1v) is 6.46. The largest absolute Gasteiger partial charge is 0.374 e. The molecule has 0 aromatic heterocycles. The van der Waals surface area contributed by atoms with Gasteiger partial charge in [-0.25, -0.2) is 0 Å². The lowest BCUT2D eigenvalue weighted by Gasteiger charge is -2.34. The molecule has 0 spiro atoms. The lowest BCUT2D eigenvalue weighted by Crippen LogP contribution is -2.50. The average Bonchev–Trinajstić information content (AvgIpc) is 2.27. The Bertz CT molecular complexity index is 190. The smallest absolute Gasteiger partial charge is 0.0826 e. The highest BCUT2D eigenvalue weighted by molar-refractivity contribution is 4.79. The number of hydrogen-bond acceptors (Lipinski definition) is 4. The van der Waals surface area contributed by atoms with Crippen LogP contribution in [0.5, 0.6) is 0 Å². The molecule has 0 amide bonds. The van der Waals surface area contributed by atoms with Crippen molar-refractivity contribution in [2.45, 2.75) is 25.0 Å². The highest BCUT2D eigenvalue weighted by Crippen LogP contribution is 2.09. The van der Waals surface area contributed by atoms with Crippen LogP contribution in [-0.2, 0) is 4.74 Å². The second-order valence-corrected chi connectivity index (χ2v) is 5.26. The van der Waals surface area contributed by atoms with Gasteiger partial charge in [0.2, 0.25) is 0 Å². The van der Waals surface area contributed by atoms with E-state index in [2.05, 4.69) is 29.2 Å². The van der Waals surface area contributed by atoms with E-state index in [-0.39, 0.29) is 0 Å². The predicted molar refractivity (Wildman–Crippen MR) is 65.8 cm³/mol. The quantitative estimate of drug-likeness (QED) is 0.734. The topological polar surface area (TPSA) is 27.7 Å². The van der Waals surface area contributed by atoms with Gasteiger partial charge < -0.3 is 19.9 Å². The molecule has 16 heavy (non-hydrogen) atoms. The van der Waals surface area contributed by atoms with Gasteiger partial charge in [-0.15, -0.1) is 0 Å². The molecule has 0 bridgehead atoms. The molecule has 4 nitrogen and oxygen atoms in total. The number of likely N-dealkylation sites (tertiary alicyclic amines) is 1. The normalized spacial score (nSPS) is 34.1. The van der Waals surface area contributed by atoms with Crippen molar-refractivity contribution in [3.8, 4) is 0 Å². The van der Waals surface area contributed by atoms with E-state index in [1.165, 1.54) is 25.9 Å². The molecule has 0 saturated carbocycles. The second-order valence-electron chi connectivity index (χ2n) is 5.26.